The largest absolute Gasteiger partial charge is 0.508 e. The van der Waals surface area contributed by atoms with Gasteiger partial charge in [-0.25, -0.2) is 16.8 Å². The van der Waals surface area contributed by atoms with Gasteiger partial charge in [0.1, 0.15) is 5.75 Å². The predicted octanol–water partition coefficient (Wildman–Crippen LogP) is 2.29. The molecule has 1 aromatic rings. The van der Waals surface area contributed by atoms with Crippen LogP contribution in [0.3, 0.4) is 0 Å². The molecular formula is C18H25NO5S2. The monoisotopic (exact) mass is 399 g/mol. The molecule has 0 amide bonds. The molecule has 0 aromatic heterocycles. The van der Waals surface area contributed by atoms with Gasteiger partial charge in [-0.2, -0.15) is 4.31 Å². The van der Waals surface area contributed by atoms with Crippen molar-refractivity contribution in [1.29, 1.82) is 0 Å². The van der Waals surface area contributed by atoms with E-state index in [-0.39, 0.29) is 33.1 Å². The van der Waals surface area contributed by atoms with Gasteiger partial charge in [-0.3, -0.25) is 0 Å². The van der Waals surface area contributed by atoms with Crippen LogP contribution in [0.2, 0.25) is 0 Å². The Morgan fingerprint density at radius 3 is 2.08 bits per heavy atom. The molecule has 1 heterocycles. The van der Waals surface area contributed by atoms with Gasteiger partial charge in [0, 0.05) is 12.1 Å². The van der Waals surface area contributed by atoms with Gasteiger partial charge in [-0.05, 0) is 74.6 Å². The average Bonchev–Trinajstić information content (AvgIpc) is 2.96. The van der Waals surface area contributed by atoms with Crippen LogP contribution in [0.15, 0.2) is 29.2 Å². The number of benzene rings is 1. The van der Waals surface area contributed by atoms with Gasteiger partial charge in [0.25, 0.3) is 0 Å². The highest BCUT2D eigenvalue weighted by atomic mass is 32.2. The Bertz CT molecular complexity index is 881. The summed E-state index contributed by atoms with van der Waals surface area (Å²) in [5.74, 6) is 0.400. The van der Waals surface area contributed by atoms with Gasteiger partial charge in [0.15, 0.2) is 9.84 Å². The van der Waals surface area contributed by atoms with Crippen molar-refractivity contribution >= 4 is 19.9 Å². The summed E-state index contributed by atoms with van der Waals surface area (Å²) in [7, 11) is -6.57. The molecule has 0 atom stereocenters. The van der Waals surface area contributed by atoms with Crippen molar-refractivity contribution in [2.75, 3.05) is 18.1 Å². The molecule has 8 heteroatoms. The van der Waals surface area contributed by atoms with Crippen LogP contribution in [0, 0.1) is 5.41 Å². The van der Waals surface area contributed by atoms with E-state index in [9.17, 15) is 21.9 Å². The van der Waals surface area contributed by atoms with Crippen LogP contribution in [0.5, 0.6) is 5.75 Å². The normalized spacial score (nSPS) is 34.2. The standard InChI is InChI=1S/C18H25NO5S2/c20-15-2-4-16(5-3-15)25(21,22)14-17-6-9-18(10-7-17,11-8-17)19-12-1-13-26(19,23)24/h2-5,20H,1,6-14H2. The first-order chi connectivity index (χ1) is 12.2. The van der Waals surface area contributed by atoms with Crippen molar-refractivity contribution in [3.63, 3.8) is 0 Å². The van der Waals surface area contributed by atoms with Crippen molar-refractivity contribution < 1.29 is 21.9 Å². The first-order valence-electron chi connectivity index (χ1n) is 9.19. The summed E-state index contributed by atoms with van der Waals surface area (Å²) in [6, 6.07) is 5.70. The number of hydrogen-bond donors (Lipinski definition) is 1. The van der Waals surface area contributed by atoms with Crippen molar-refractivity contribution in [3.8, 4) is 5.75 Å². The number of hydrogen-bond acceptors (Lipinski definition) is 5. The van der Waals surface area contributed by atoms with Crippen LogP contribution in [0.1, 0.15) is 44.9 Å². The van der Waals surface area contributed by atoms with Gasteiger partial charge in [-0.1, -0.05) is 0 Å². The Morgan fingerprint density at radius 1 is 1.00 bits per heavy atom. The molecule has 0 spiro atoms. The lowest BCUT2D eigenvalue weighted by Gasteiger charge is -2.56. The molecule has 26 heavy (non-hydrogen) atoms. The van der Waals surface area contributed by atoms with Crippen molar-refractivity contribution in [3.05, 3.63) is 24.3 Å². The topological polar surface area (TPSA) is 91.8 Å². The number of phenolic OH excluding ortho intramolecular Hbond substituents is 1. The quantitative estimate of drug-likeness (QED) is 0.839. The molecule has 4 fully saturated rings. The van der Waals surface area contributed by atoms with E-state index in [1.54, 1.807) is 4.31 Å². The first kappa shape index (κ1) is 18.3. The fourth-order valence-electron chi connectivity index (χ4n) is 5.15. The lowest BCUT2D eigenvalue weighted by atomic mass is 9.58. The number of rotatable bonds is 4. The van der Waals surface area contributed by atoms with Crippen molar-refractivity contribution in [2.24, 2.45) is 5.41 Å². The van der Waals surface area contributed by atoms with Gasteiger partial charge in [0.2, 0.25) is 10.0 Å². The number of sulfone groups is 1. The van der Waals surface area contributed by atoms with E-state index in [1.165, 1.54) is 24.3 Å². The van der Waals surface area contributed by atoms with Crippen LogP contribution in [0.4, 0.5) is 0 Å². The van der Waals surface area contributed by atoms with E-state index in [4.69, 9.17) is 0 Å². The molecule has 3 aliphatic carbocycles. The Balaban J connectivity index is 1.52. The Morgan fingerprint density at radius 2 is 1.58 bits per heavy atom. The lowest BCUT2D eigenvalue weighted by Crippen LogP contribution is -2.58. The van der Waals surface area contributed by atoms with E-state index in [2.05, 4.69) is 0 Å². The highest BCUT2D eigenvalue weighted by Gasteiger charge is 2.55. The second kappa shape index (κ2) is 5.94. The molecule has 5 rings (SSSR count). The second-order valence-electron chi connectivity index (χ2n) is 8.22. The zero-order chi connectivity index (χ0) is 18.6. The summed E-state index contributed by atoms with van der Waals surface area (Å²) in [5.41, 5.74) is -0.526. The van der Waals surface area contributed by atoms with E-state index in [0.717, 1.165) is 38.5 Å². The molecule has 0 radical (unpaired) electrons. The van der Waals surface area contributed by atoms with E-state index < -0.39 is 19.9 Å². The Labute approximate surface area is 155 Å². The molecule has 144 valence electrons. The molecule has 1 N–H and O–H groups in total. The molecular weight excluding hydrogens is 374 g/mol. The third-order valence-corrected chi connectivity index (χ3v) is 10.7. The Kier molecular flexibility index (Phi) is 4.17. The number of nitrogens with zero attached hydrogens (tertiary/aromatic N) is 1. The molecule has 1 aliphatic heterocycles. The zero-order valence-corrected chi connectivity index (χ0v) is 16.4. The van der Waals surface area contributed by atoms with Crippen LogP contribution >= 0.6 is 0 Å². The van der Waals surface area contributed by atoms with Crippen molar-refractivity contribution in [2.45, 2.75) is 55.4 Å². The van der Waals surface area contributed by atoms with E-state index in [1.807, 2.05) is 0 Å². The average molecular weight is 400 g/mol. The molecule has 4 aliphatic rings. The molecule has 6 nitrogen and oxygen atoms in total. The summed E-state index contributed by atoms with van der Waals surface area (Å²) >= 11 is 0. The highest BCUT2D eigenvalue weighted by molar-refractivity contribution is 7.91. The summed E-state index contributed by atoms with van der Waals surface area (Å²) in [6.45, 7) is 0.612. The maximum absolute atomic E-state index is 12.8. The van der Waals surface area contributed by atoms with E-state index >= 15 is 0 Å². The van der Waals surface area contributed by atoms with Crippen LogP contribution in [-0.2, 0) is 19.9 Å². The van der Waals surface area contributed by atoms with Gasteiger partial charge in [0.05, 0.1) is 16.4 Å². The SMILES string of the molecule is O=S(=O)(CC12CCC(N3CCCS3(=O)=O)(CC1)CC2)c1ccc(O)cc1. The molecule has 3 saturated carbocycles. The maximum atomic E-state index is 12.8. The number of phenols is 1. The Hall–Kier alpha value is -1.12. The lowest BCUT2D eigenvalue weighted by molar-refractivity contribution is -0.00242. The summed E-state index contributed by atoms with van der Waals surface area (Å²) < 4.78 is 52.2. The second-order valence-corrected chi connectivity index (χ2v) is 12.2. The minimum Gasteiger partial charge on any atom is -0.508 e. The van der Waals surface area contributed by atoms with Crippen molar-refractivity contribution in [1.82, 2.24) is 4.31 Å². The minimum absolute atomic E-state index is 0.0500. The fourth-order valence-corrected chi connectivity index (χ4v) is 9.09. The van der Waals surface area contributed by atoms with E-state index in [0.29, 0.717) is 13.0 Å². The minimum atomic E-state index is -3.43. The summed E-state index contributed by atoms with van der Waals surface area (Å²) in [4.78, 5) is 0.245. The molecule has 1 aromatic carbocycles. The summed E-state index contributed by atoms with van der Waals surface area (Å²) in [5, 5.41) is 9.37. The van der Waals surface area contributed by atoms with Gasteiger partial charge >= 0.3 is 0 Å². The van der Waals surface area contributed by atoms with Crippen LogP contribution < -0.4 is 0 Å². The molecule has 2 bridgehead atoms. The number of aromatic hydroxyl groups is 1. The predicted molar refractivity (Wildman–Crippen MR) is 98.1 cm³/mol. The molecule has 1 saturated heterocycles. The fraction of sp³-hybridized carbons (Fsp3) is 0.667. The maximum Gasteiger partial charge on any atom is 0.214 e. The van der Waals surface area contributed by atoms with Crippen LogP contribution in [0.25, 0.3) is 0 Å². The van der Waals surface area contributed by atoms with Crippen LogP contribution in [-0.4, -0.2) is 49.8 Å². The number of fused-ring (bicyclic) bond motifs is 3. The zero-order valence-electron chi connectivity index (χ0n) is 14.7. The number of sulfonamides is 1. The first-order valence-corrected chi connectivity index (χ1v) is 12.5. The highest BCUT2D eigenvalue weighted by Crippen LogP contribution is 2.56. The molecule has 0 unspecified atom stereocenters. The smallest absolute Gasteiger partial charge is 0.214 e. The van der Waals surface area contributed by atoms with Gasteiger partial charge < -0.3 is 5.11 Å². The third-order valence-electron chi connectivity index (χ3n) is 6.68. The summed E-state index contributed by atoms with van der Waals surface area (Å²) in [6.07, 6.45) is 5.26. The third kappa shape index (κ3) is 2.96. The van der Waals surface area contributed by atoms with Gasteiger partial charge in [-0.15, -0.1) is 0 Å².